The molecule has 1 unspecified atom stereocenters. The normalized spacial score (nSPS) is 17.1. The number of nitrogens with one attached hydrogen (secondary N) is 1. The summed E-state index contributed by atoms with van der Waals surface area (Å²) in [6.45, 7) is 2.77. The van der Waals surface area contributed by atoms with Crippen LogP contribution in [0.5, 0.6) is 0 Å². The first kappa shape index (κ1) is 20.3. The monoisotopic (exact) mass is 446 g/mol. The summed E-state index contributed by atoms with van der Waals surface area (Å²) < 4.78 is 1.98. The number of aryl methyl sites for hydroxylation is 1. The van der Waals surface area contributed by atoms with Gasteiger partial charge in [-0.15, -0.1) is 10.2 Å². The summed E-state index contributed by atoms with van der Waals surface area (Å²) >= 11 is 14.0. The molecule has 0 saturated carbocycles. The minimum Gasteiger partial charge on any atom is -0.355 e. The molecule has 1 atom stereocenters. The minimum absolute atomic E-state index is 0.0536. The molecular formula is C21H20Cl2N4OS. The van der Waals surface area contributed by atoms with E-state index in [-0.39, 0.29) is 11.2 Å². The third kappa shape index (κ3) is 4.29. The van der Waals surface area contributed by atoms with E-state index < -0.39 is 0 Å². The predicted octanol–water partition coefficient (Wildman–Crippen LogP) is 5.31. The Morgan fingerprint density at radius 2 is 1.97 bits per heavy atom. The van der Waals surface area contributed by atoms with Gasteiger partial charge in [0.25, 0.3) is 0 Å². The van der Waals surface area contributed by atoms with Crippen LogP contribution in [0.1, 0.15) is 24.8 Å². The fourth-order valence-electron chi connectivity index (χ4n) is 3.37. The average molecular weight is 447 g/mol. The van der Waals surface area contributed by atoms with Gasteiger partial charge in [-0.3, -0.25) is 9.36 Å². The van der Waals surface area contributed by atoms with Crippen LogP contribution in [0, 0.1) is 6.92 Å². The smallest absolute Gasteiger partial charge is 0.233 e. The second kappa shape index (κ2) is 8.78. The molecule has 2 heterocycles. The molecule has 1 aliphatic heterocycles. The maximum Gasteiger partial charge on any atom is 0.233 e. The third-order valence-corrected chi connectivity index (χ3v) is 6.65. The van der Waals surface area contributed by atoms with Crippen molar-refractivity contribution in [3.63, 3.8) is 0 Å². The van der Waals surface area contributed by atoms with Crippen molar-refractivity contribution in [3.8, 4) is 17.1 Å². The lowest BCUT2D eigenvalue weighted by Crippen LogP contribution is -2.30. The van der Waals surface area contributed by atoms with Crippen molar-refractivity contribution in [3.05, 3.63) is 58.1 Å². The minimum atomic E-state index is -0.196. The molecule has 1 fully saturated rings. The van der Waals surface area contributed by atoms with Gasteiger partial charge in [0.05, 0.1) is 16.0 Å². The van der Waals surface area contributed by atoms with Crippen molar-refractivity contribution in [2.75, 3.05) is 6.54 Å². The highest BCUT2D eigenvalue weighted by atomic mass is 35.5. The number of hydrogen-bond acceptors (Lipinski definition) is 4. The van der Waals surface area contributed by atoms with Crippen molar-refractivity contribution in [1.29, 1.82) is 0 Å². The molecule has 0 spiro atoms. The highest BCUT2D eigenvalue weighted by Gasteiger charge is 2.27. The number of thioether (sulfide) groups is 1. The molecular weight excluding hydrogens is 427 g/mol. The van der Waals surface area contributed by atoms with Crippen LogP contribution in [0.15, 0.2) is 47.6 Å². The second-order valence-corrected chi connectivity index (χ2v) is 8.96. The first-order chi connectivity index (χ1) is 14.0. The van der Waals surface area contributed by atoms with E-state index in [2.05, 4.69) is 15.5 Å². The van der Waals surface area contributed by atoms with Crippen molar-refractivity contribution in [2.24, 2.45) is 0 Å². The van der Waals surface area contributed by atoms with E-state index in [9.17, 15) is 4.79 Å². The summed E-state index contributed by atoms with van der Waals surface area (Å²) in [5.41, 5.74) is 2.77. The summed E-state index contributed by atoms with van der Waals surface area (Å²) in [6, 6.07) is 13.3. The number of carbonyl (C=O) groups excluding carboxylic acids is 1. The van der Waals surface area contributed by atoms with Gasteiger partial charge in [-0.1, -0.05) is 59.6 Å². The fourth-order valence-corrected chi connectivity index (χ4v) is 4.97. The first-order valence-corrected chi connectivity index (χ1v) is 11.1. The number of benzene rings is 2. The molecule has 1 saturated heterocycles. The van der Waals surface area contributed by atoms with Crippen LogP contribution in [0.3, 0.4) is 0 Å². The van der Waals surface area contributed by atoms with Crippen molar-refractivity contribution in [1.82, 2.24) is 20.1 Å². The van der Waals surface area contributed by atoms with Gasteiger partial charge in [0, 0.05) is 17.1 Å². The molecule has 1 amide bonds. The van der Waals surface area contributed by atoms with Crippen LogP contribution >= 0.6 is 35.0 Å². The van der Waals surface area contributed by atoms with E-state index in [1.165, 1.54) is 11.8 Å². The number of rotatable bonds is 4. The predicted molar refractivity (Wildman–Crippen MR) is 118 cm³/mol. The highest BCUT2D eigenvalue weighted by Crippen LogP contribution is 2.36. The first-order valence-electron chi connectivity index (χ1n) is 9.46. The Kier molecular flexibility index (Phi) is 6.13. The molecule has 1 aromatic heterocycles. The Hall–Kier alpha value is -2.02. The maximum absolute atomic E-state index is 12.5. The van der Waals surface area contributed by atoms with Crippen LogP contribution in [0.25, 0.3) is 17.1 Å². The molecule has 0 aliphatic carbocycles. The van der Waals surface area contributed by atoms with Gasteiger partial charge in [0.15, 0.2) is 11.0 Å². The quantitative estimate of drug-likeness (QED) is 0.589. The SMILES string of the molecule is Cc1ccccc1-n1c(SC2CCCCNC2=O)nnc1-c1ccc(Cl)cc1Cl. The zero-order valence-corrected chi connectivity index (χ0v) is 18.2. The fraction of sp³-hybridized carbons (Fsp3) is 0.286. The van der Waals surface area contributed by atoms with E-state index in [0.717, 1.165) is 42.6 Å². The van der Waals surface area contributed by atoms with Gasteiger partial charge < -0.3 is 5.32 Å². The Morgan fingerprint density at radius 3 is 2.76 bits per heavy atom. The van der Waals surface area contributed by atoms with Crippen molar-refractivity contribution < 1.29 is 4.79 Å². The second-order valence-electron chi connectivity index (χ2n) is 6.95. The number of aromatic nitrogens is 3. The Labute approximate surface area is 183 Å². The van der Waals surface area contributed by atoms with Gasteiger partial charge in [-0.25, -0.2) is 0 Å². The van der Waals surface area contributed by atoms with Crippen LogP contribution in [0.2, 0.25) is 10.0 Å². The van der Waals surface area contributed by atoms with Crippen LogP contribution in [-0.4, -0.2) is 32.5 Å². The standard InChI is InChI=1S/C21H20Cl2N4OS/c1-13-6-2-3-7-17(13)27-19(15-10-9-14(22)12-16(15)23)25-26-21(27)29-18-8-4-5-11-24-20(18)28/h2-3,6-7,9-10,12,18H,4-5,8,11H2,1H3,(H,24,28). The van der Waals surface area contributed by atoms with E-state index >= 15 is 0 Å². The van der Waals surface area contributed by atoms with Gasteiger partial charge in [-0.2, -0.15) is 0 Å². The third-order valence-electron chi connectivity index (χ3n) is 4.89. The van der Waals surface area contributed by atoms with Crippen LogP contribution in [-0.2, 0) is 4.79 Å². The van der Waals surface area contributed by atoms with Crippen molar-refractivity contribution in [2.45, 2.75) is 36.6 Å². The summed E-state index contributed by atoms with van der Waals surface area (Å²) in [7, 11) is 0. The van der Waals surface area contributed by atoms with E-state index in [4.69, 9.17) is 23.2 Å². The maximum atomic E-state index is 12.5. The van der Waals surface area contributed by atoms with Gasteiger partial charge in [0.1, 0.15) is 0 Å². The van der Waals surface area contributed by atoms with Crippen LogP contribution in [0.4, 0.5) is 0 Å². The molecule has 1 N–H and O–H groups in total. The molecule has 29 heavy (non-hydrogen) atoms. The lowest BCUT2D eigenvalue weighted by Gasteiger charge is -2.16. The Bertz CT molecular complexity index is 1050. The van der Waals surface area contributed by atoms with E-state index in [1.54, 1.807) is 12.1 Å². The molecule has 150 valence electrons. The van der Waals surface area contributed by atoms with Gasteiger partial charge >= 0.3 is 0 Å². The summed E-state index contributed by atoms with van der Waals surface area (Å²) in [5, 5.41) is 13.4. The molecule has 3 aromatic rings. The summed E-state index contributed by atoms with van der Waals surface area (Å²) in [5.74, 6) is 0.676. The summed E-state index contributed by atoms with van der Waals surface area (Å²) in [4.78, 5) is 12.5. The zero-order chi connectivity index (χ0) is 20.4. The largest absolute Gasteiger partial charge is 0.355 e. The number of para-hydroxylation sites is 1. The van der Waals surface area contributed by atoms with Crippen LogP contribution < -0.4 is 5.32 Å². The molecule has 2 aromatic carbocycles. The number of hydrogen-bond donors (Lipinski definition) is 1. The molecule has 8 heteroatoms. The Morgan fingerprint density at radius 1 is 1.14 bits per heavy atom. The van der Waals surface area contributed by atoms with E-state index in [1.807, 2.05) is 41.8 Å². The molecule has 1 aliphatic rings. The average Bonchev–Trinajstić information content (AvgIpc) is 2.98. The highest BCUT2D eigenvalue weighted by molar-refractivity contribution is 8.00. The number of halogens is 2. The van der Waals surface area contributed by atoms with Gasteiger partial charge in [-0.05, 0) is 49.6 Å². The van der Waals surface area contributed by atoms with Crippen molar-refractivity contribution >= 4 is 40.9 Å². The number of amides is 1. The summed E-state index contributed by atoms with van der Waals surface area (Å²) in [6.07, 6.45) is 2.82. The topological polar surface area (TPSA) is 59.8 Å². The zero-order valence-electron chi connectivity index (χ0n) is 15.9. The molecule has 0 radical (unpaired) electrons. The lowest BCUT2D eigenvalue weighted by molar-refractivity contribution is -0.120. The Balaban J connectivity index is 1.83. The number of carbonyl (C=O) groups is 1. The molecule has 4 rings (SSSR count). The van der Waals surface area contributed by atoms with E-state index in [0.29, 0.717) is 21.0 Å². The number of nitrogens with zero attached hydrogens (tertiary/aromatic N) is 3. The van der Waals surface area contributed by atoms with Gasteiger partial charge in [0.2, 0.25) is 5.91 Å². The molecule has 5 nitrogen and oxygen atoms in total. The molecule has 0 bridgehead atoms. The lowest BCUT2D eigenvalue weighted by atomic mass is 10.1.